The molecule has 130 valence electrons. The number of carbonyl (C=O) groups is 1. The lowest BCUT2D eigenvalue weighted by Crippen LogP contribution is -2.19. The Hall–Kier alpha value is -3.60. The van der Waals surface area contributed by atoms with Crippen molar-refractivity contribution in [3.63, 3.8) is 0 Å². The molecule has 0 heterocycles. The molecule has 0 aromatic heterocycles. The predicted octanol–water partition coefficient (Wildman–Crippen LogP) is 3.92. The Kier molecular flexibility index (Phi) is 4.99. The zero-order chi connectivity index (χ0) is 18.5. The zero-order valence-electron chi connectivity index (χ0n) is 14.2. The van der Waals surface area contributed by atoms with E-state index in [0.717, 1.165) is 11.1 Å². The van der Waals surface area contributed by atoms with Gasteiger partial charge in [-0.2, -0.15) is 5.10 Å². The van der Waals surface area contributed by atoms with Crippen LogP contribution in [0.5, 0.6) is 11.5 Å². The van der Waals surface area contributed by atoms with Crippen molar-refractivity contribution in [2.75, 3.05) is 0 Å². The summed E-state index contributed by atoms with van der Waals surface area (Å²) in [5, 5.41) is 23.2. The van der Waals surface area contributed by atoms with Crippen LogP contribution < -0.4 is 5.43 Å². The summed E-state index contributed by atoms with van der Waals surface area (Å²) in [6, 6.07) is 21.3. The molecule has 0 saturated heterocycles. The van der Waals surface area contributed by atoms with Gasteiger partial charge in [-0.05, 0) is 42.3 Å². The minimum Gasteiger partial charge on any atom is -0.508 e. The standard InChI is InChI=1S/C21H18N2O3/c1-14(19-12-11-18(24)13-20(19)25)22-23-21(26)17-9-7-16(8-10-17)15-5-3-2-4-6-15/h2-13,24-25H,1H3,(H,23,26)/b22-14+. The van der Waals surface area contributed by atoms with Gasteiger partial charge in [0.1, 0.15) is 11.5 Å². The van der Waals surface area contributed by atoms with E-state index in [1.54, 1.807) is 19.1 Å². The topological polar surface area (TPSA) is 81.9 Å². The highest BCUT2D eigenvalue weighted by molar-refractivity contribution is 6.02. The molecule has 3 N–H and O–H groups in total. The Bertz CT molecular complexity index is 949. The highest BCUT2D eigenvalue weighted by Gasteiger charge is 2.08. The smallest absolute Gasteiger partial charge is 0.271 e. The molecule has 0 atom stereocenters. The zero-order valence-corrected chi connectivity index (χ0v) is 14.2. The van der Waals surface area contributed by atoms with Crippen LogP contribution in [-0.4, -0.2) is 21.8 Å². The minimum atomic E-state index is -0.345. The summed E-state index contributed by atoms with van der Waals surface area (Å²) in [6.07, 6.45) is 0. The number of amides is 1. The number of hydrazone groups is 1. The lowest BCUT2D eigenvalue weighted by Gasteiger charge is -2.06. The quantitative estimate of drug-likeness (QED) is 0.495. The summed E-state index contributed by atoms with van der Waals surface area (Å²) < 4.78 is 0. The van der Waals surface area contributed by atoms with Crippen LogP contribution in [0.2, 0.25) is 0 Å². The molecule has 3 aromatic carbocycles. The largest absolute Gasteiger partial charge is 0.508 e. The molecule has 0 aliphatic carbocycles. The van der Waals surface area contributed by atoms with Crippen LogP contribution in [0, 0.1) is 0 Å². The second-order valence-corrected chi connectivity index (χ2v) is 5.78. The first kappa shape index (κ1) is 17.2. The fourth-order valence-electron chi connectivity index (χ4n) is 2.53. The van der Waals surface area contributed by atoms with Gasteiger partial charge < -0.3 is 10.2 Å². The first-order chi connectivity index (χ1) is 12.5. The predicted molar refractivity (Wildman–Crippen MR) is 101 cm³/mol. The number of rotatable bonds is 4. The van der Waals surface area contributed by atoms with Crippen molar-refractivity contribution in [1.82, 2.24) is 5.43 Å². The van der Waals surface area contributed by atoms with Gasteiger partial charge in [-0.15, -0.1) is 0 Å². The second-order valence-electron chi connectivity index (χ2n) is 5.78. The minimum absolute atomic E-state index is 0.0402. The van der Waals surface area contributed by atoms with Crippen LogP contribution in [0.4, 0.5) is 0 Å². The molecule has 0 aliphatic rings. The molecular weight excluding hydrogens is 328 g/mol. The van der Waals surface area contributed by atoms with Crippen LogP contribution in [0.15, 0.2) is 77.9 Å². The maximum absolute atomic E-state index is 12.2. The molecule has 0 bridgehead atoms. The van der Waals surface area contributed by atoms with Gasteiger partial charge in [0.2, 0.25) is 0 Å². The average molecular weight is 346 g/mol. The van der Waals surface area contributed by atoms with Crippen LogP contribution in [0.1, 0.15) is 22.8 Å². The lowest BCUT2D eigenvalue weighted by atomic mass is 10.0. The first-order valence-corrected chi connectivity index (χ1v) is 8.07. The molecular formula is C21H18N2O3. The van der Waals surface area contributed by atoms with E-state index in [-0.39, 0.29) is 17.4 Å². The van der Waals surface area contributed by atoms with Crippen molar-refractivity contribution in [1.29, 1.82) is 0 Å². The van der Waals surface area contributed by atoms with Gasteiger partial charge in [0, 0.05) is 17.2 Å². The highest BCUT2D eigenvalue weighted by Crippen LogP contribution is 2.23. The van der Waals surface area contributed by atoms with Crippen molar-refractivity contribution in [3.05, 3.63) is 83.9 Å². The van der Waals surface area contributed by atoms with Gasteiger partial charge >= 0.3 is 0 Å². The number of hydrogen-bond donors (Lipinski definition) is 3. The number of hydrogen-bond acceptors (Lipinski definition) is 4. The van der Waals surface area contributed by atoms with E-state index in [9.17, 15) is 15.0 Å². The number of aromatic hydroxyl groups is 2. The van der Waals surface area contributed by atoms with Gasteiger partial charge in [-0.3, -0.25) is 4.79 Å². The highest BCUT2D eigenvalue weighted by atomic mass is 16.3. The first-order valence-electron chi connectivity index (χ1n) is 8.07. The van der Waals surface area contributed by atoms with Gasteiger partial charge in [-0.25, -0.2) is 5.43 Å². The Balaban J connectivity index is 1.71. The number of phenols is 2. The summed E-state index contributed by atoms with van der Waals surface area (Å²) in [4.78, 5) is 12.2. The third-order valence-electron chi connectivity index (χ3n) is 3.95. The number of phenolic OH excluding ortho intramolecular Hbond substituents is 2. The average Bonchev–Trinajstić information content (AvgIpc) is 2.66. The van der Waals surface area contributed by atoms with Crippen LogP contribution >= 0.6 is 0 Å². The molecule has 1 amide bonds. The third-order valence-corrected chi connectivity index (χ3v) is 3.95. The Morgan fingerprint density at radius 3 is 2.19 bits per heavy atom. The Morgan fingerprint density at radius 1 is 0.885 bits per heavy atom. The van der Waals surface area contributed by atoms with E-state index in [0.29, 0.717) is 16.8 Å². The summed E-state index contributed by atoms with van der Waals surface area (Å²) in [7, 11) is 0. The molecule has 0 aliphatic heterocycles. The molecule has 0 spiro atoms. The van der Waals surface area contributed by atoms with Gasteiger partial charge in [0.15, 0.2) is 0 Å². The molecule has 0 radical (unpaired) electrons. The molecule has 0 saturated carbocycles. The SMILES string of the molecule is C/C(=N\NC(=O)c1ccc(-c2ccccc2)cc1)c1ccc(O)cc1O. The molecule has 3 aromatic rings. The maximum atomic E-state index is 12.2. The molecule has 0 fully saturated rings. The monoisotopic (exact) mass is 346 g/mol. The summed E-state index contributed by atoms with van der Waals surface area (Å²) >= 11 is 0. The van der Waals surface area contributed by atoms with Crippen molar-refractivity contribution in [2.45, 2.75) is 6.92 Å². The molecule has 3 rings (SSSR count). The van der Waals surface area contributed by atoms with Gasteiger partial charge in [0.25, 0.3) is 5.91 Å². The van der Waals surface area contributed by atoms with E-state index >= 15 is 0 Å². The van der Waals surface area contributed by atoms with Crippen LogP contribution in [-0.2, 0) is 0 Å². The summed E-state index contributed by atoms with van der Waals surface area (Å²) in [6.45, 7) is 1.66. The van der Waals surface area contributed by atoms with E-state index in [2.05, 4.69) is 10.5 Å². The fourth-order valence-corrected chi connectivity index (χ4v) is 2.53. The Labute approximate surface area is 151 Å². The van der Waals surface area contributed by atoms with Crippen molar-refractivity contribution >= 4 is 11.6 Å². The number of carbonyl (C=O) groups excluding carboxylic acids is 1. The van der Waals surface area contributed by atoms with Crippen molar-refractivity contribution < 1.29 is 15.0 Å². The molecule has 0 unspecified atom stereocenters. The van der Waals surface area contributed by atoms with E-state index in [1.165, 1.54) is 18.2 Å². The molecule has 26 heavy (non-hydrogen) atoms. The lowest BCUT2D eigenvalue weighted by molar-refractivity contribution is 0.0955. The summed E-state index contributed by atoms with van der Waals surface area (Å²) in [5.41, 5.74) is 5.92. The fraction of sp³-hybridized carbons (Fsp3) is 0.0476. The number of nitrogens with zero attached hydrogens (tertiary/aromatic N) is 1. The maximum Gasteiger partial charge on any atom is 0.271 e. The summed E-state index contributed by atoms with van der Waals surface area (Å²) in [5.74, 6) is -0.489. The van der Waals surface area contributed by atoms with E-state index in [4.69, 9.17) is 0 Å². The second kappa shape index (κ2) is 7.53. The van der Waals surface area contributed by atoms with E-state index in [1.807, 2.05) is 42.5 Å². The Morgan fingerprint density at radius 2 is 1.54 bits per heavy atom. The molecule has 5 nitrogen and oxygen atoms in total. The van der Waals surface area contributed by atoms with Crippen LogP contribution in [0.25, 0.3) is 11.1 Å². The number of nitrogens with one attached hydrogen (secondary N) is 1. The normalized spacial score (nSPS) is 11.2. The van der Waals surface area contributed by atoms with Gasteiger partial charge in [0.05, 0.1) is 5.71 Å². The van der Waals surface area contributed by atoms with Crippen LogP contribution in [0.3, 0.4) is 0 Å². The van der Waals surface area contributed by atoms with E-state index < -0.39 is 0 Å². The number of benzene rings is 3. The van der Waals surface area contributed by atoms with Crippen molar-refractivity contribution in [3.8, 4) is 22.6 Å². The van der Waals surface area contributed by atoms with Crippen molar-refractivity contribution in [2.24, 2.45) is 5.10 Å². The molecule has 5 heteroatoms. The van der Waals surface area contributed by atoms with Gasteiger partial charge in [-0.1, -0.05) is 42.5 Å². The third kappa shape index (κ3) is 3.89.